The van der Waals surface area contributed by atoms with Crippen molar-refractivity contribution < 1.29 is 9.53 Å². The maximum Gasteiger partial charge on any atom is 0.320 e. The first-order valence-corrected chi connectivity index (χ1v) is 6.98. The number of aryl methyl sites for hydroxylation is 1. The van der Waals surface area contributed by atoms with Crippen molar-refractivity contribution in [1.29, 1.82) is 0 Å². The van der Waals surface area contributed by atoms with Crippen LogP contribution >= 0.6 is 0 Å². The highest BCUT2D eigenvalue weighted by Crippen LogP contribution is 2.32. The Balaban J connectivity index is 1.95. The van der Waals surface area contributed by atoms with Crippen LogP contribution in [0.1, 0.15) is 50.8 Å². The lowest BCUT2D eigenvalue weighted by molar-refractivity contribution is -0.149. The minimum Gasteiger partial charge on any atom is -0.457 e. The fourth-order valence-corrected chi connectivity index (χ4v) is 2.37. The van der Waals surface area contributed by atoms with Crippen LogP contribution in [0.3, 0.4) is 0 Å². The minimum absolute atomic E-state index is 0.0660. The van der Waals surface area contributed by atoms with E-state index in [-0.39, 0.29) is 24.2 Å². The van der Waals surface area contributed by atoms with Crippen molar-refractivity contribution in [3.05, 3.63) is 35.4 Å². The smallest absolute Gasteiger partial charge is 0.320 e. The standard InChI is InChI=1S/C16H23NO2/c1-16(2,3)17-11-15(18)19-14-10-6-8-12-7-4-5-9-13(12)14/h4-5,7,9,14,17H,6,8,10-11H2,1-3H3. The van der Waals surface area contributed by atoms with Gasteiger partial charge in [-0.25, -0.2) is 0 Å². The first-order valence-electron chi connectivity index (χ1n) is 6.98. The number of carbonyl (C=O) groups is 1. The zero-order valence-corrected chi connectivity index (χ0v) is 12.0. The summed E-state index contributed by atoms with van der Waals surface area (Å²) in [6, 6.07) is 8.26. The summed E-state index contributed by atoms with van der Waals surface area (Å²) in [5.41, 5.74) is 2.43. The number of ether oxygens (including phenoxy) is 1. The van der Waals surface area contributed by atoms with Gasteiger partial charge in [0.05, 0.1) is 6.54 Å². The van der Waals surface area contributed by atoms with E-state index in [1.807, 2.05) is 32.9 Å². The topological polar surface area (TPSA) is 38.3 Å². The molecule has 0 aliphatic heterocycles. The van der Waals surface area contributed by atoms with Crippen LogP contribution in [0.25, 0.3) is 0 Å². The van der Waals surface area contributed by atoms with Gasteiger partial charge in [0, 0.05) is 5.54 Å². The first kappa shape index (κ1) is 14.1. The van der Waals surface area contributed by atoms with Gasteiger partial charge in [-0.15, -0.1) is 0 Å². The second kappa shape index (κ2) is 5.74. The molecule has 19 heavy (non-hydrogen) atoms. The summed E-state index contributed by atoms with van der Waals surface area (Å²) in [6.07, 6.45) is 3.03. The largest absolute Gasteiger partial charge is 0.457 e. The molecule has 0 amide bonds. The normalized spacial score (nSPS) is 18.8. The quantitative estimate of drug-likeness (QED) is 0.850. The molecule has 0 fully saturated rings. The molecule has 1 N–H and O–H groups in total. The highest BCUT2D eigenvalue weighted by Gasteiger charge is 2.23. The minimum atomic E-state index is -0.170. The molecule has 0 bridgehead atoms. The fourth-order valence-electron chi connectivity index (χ4n) is 2.37. The number of hydrogen-bond acceptors (Lipinski definition) is 3. The van der Waals surface area contributed by atoms with Gasteiger partial charge < -0.3 is 10.1 Å². The van der Waals surface area contributed by atoms with Crippen LogP contribution in [-0.2, 0) is 16.0 Å². The fraction of sp³-hybridized carbons (Fsp3) is 0.562. The van der Waals surface area contributed by atoms with E-state index in [1.54, 1.807) is 0 Å². The van der Waals surface area contributed by atoms with E-state index in [1.165, 1.54) is 11.1 Å². The van der Waals surface area contributed by atoms with Gasteiger partial charge in [-0.1, -0.05) is 24.3 Å². The molecule has 3 nitrogen and oxygen atoms in total. The summed E-state index contributed by atoms with van der Waals surface area (Å²) in [4.78, 5) is 11.9. The van der Waals surface area contributed by atoms with E-state index in [4.69, 9.17) is 4.74 Å². The summed E-state index contributed by atoms with van der Waals surface area (Å²) < 4.78 is 5.61. The third kappa shape index (κ3) is 4.06. The van der Waals surface area contributed by atoms with Gasteiger partial charge in [0.1, 0.15) is 6.10 Å². The lowest BCUT2D eigenvalue weighted by atomic mass is 9.89. The van der Waals surface area contributed by atoms with E-state index >= 15 is 0 Å². The second-order valence-electron chi connectivity index (χ2n) is 6.17. The van der Waals surface area contributed by atoms with Crippen molar-refractivity contribution in [3.8, 4) is 0 Å². The van der Waals surface area contributed by atoms with Gasteiger partial charge in [0.15, 0.2) is 0 Å². The van der Waals surface area contributed by atoms with Gasteiger partial charge in [0.25, 0.3) is 0 Å². The molecule has 0 spiro atoms. The molecule has 1 unspecified atom stereocenters. The molecule has 3 heteroatoms. The predicted molar refractivity (Wildman–Crippen MR) is 76.0 cm³/mol. The van der Waals surface area contributed by atoms with E-state index < -0.39 is 0 Å². The molecule has 1 aliphatic rings. The SMILES string of the molecule is CC(C)(C)NCC(=O)OC1CCCc2ccccc21. The van der Waals surface area contributed by atoms with Gasteiger partial charge in [0.2, 0.25) is 0 Å². The van der Waals surface area contributed by atoms with Gasteiger partial charge in [-0.2, -0.15) is 0 Å². The molecule has 0 saturated carbocycles. The molecule has 1 aromatic rings. The first-order chi connectivity index (χ1) is 8.96. The molecule has 1 aliphatic carbocycles. The van der Waals surface area contributed by atoms with Crippen LogP contribution in [-0.4, -0.2) is 18.1 Å². The van der Waals surface area contributed by atoms with Crippen LogP contribution in [0.4, 0.5) is 0 Å². The van der Waals surface area contributed by atoms with E-state index in [9.17, 15) is 4.79 Å². The van der Waals surface area contributed by atoms with Crippen molar-refractivity contribution in [1.82, 2.24) is 5.32 Å². The Kier molecular flexibility index (Phi) is 4.25. The molecule has 0 radical (unpaired) electrons. The predicted octanol–water partition coefficient (Wildman–Crippen LogP) is 3.00. The molecular weight excluding hydrogens is 238 g/mol. The molecule has 2 rings (SSSR count). The second-order valence-corrected chi connectivity index (χ2v) is 6.17. The molecule has 104 valence electrons. The summed E-state index contributed by atoms with van der Waals surface area (Å²) in [7, 11) is 0. The third-order valence-corrected chi connectivity index (χ3v) is 3.35. The number of nitrogens with one attached hydrogen (secondary N) is 1. The summed E-state index contributed by atoms with van der Waals surface area (Å²) >= 11 is 0. The van der Waals surface area contributed by atoms with Crippen LogP contribution in [0.5, 0.6) is 0 Å². The Morgan fingerprint density at radius 3 is 2.84 bits per heavy atom. The van der Waals surface area contributed by atoms with Crippen molar-refractivity contribution in [2.75, 3.05) is 6.54 Å². The lowest BCUT2D eigenvalue weighted by Crippen LogP contribution is -2.40. The van der Waals surface area contributed by atoms with E-state index in [0.717, 1.165) is 19.3 Å². The molecular formula is C16H23NO2. The highest BCUT2D eigenvalue weighted by molar-refractivity contribution is 5.72. The number of esters is 1. The summed E-state index contributed by atoms with van der Waals surface area (Å²) in [5.74, 6) is -0.170. The van der Waals surface area contributed by atoms with Gasteiger partial charge in [-0.05, 0) is 51.2 Å². The Morgan fingerprint density at radius 1 is 1.37 bits per heavy atom. The number of rotatable bonds is 3. The third-order valence-electron chi connectivity index (χ3n) is 3.35. The van der Waals surface area contributed by atoms with Crippen molar-refractivity contribution in [3.63, 3.8) is 0 Å². The summed E-state index contributed by atoms with van der Waals surface area (Å²) in [5, 5.41) is 3.16. The average Bonchev–Trinajstić information content (AvgIpc) is 2.36. The van der Waals surface area contributed by atoms with Gasteiger partial charge >= 0.3 is 5.97 Å². The highest BCUT2D eigenvalue weighted by atomic mass is 16.5. The lowest BCUT2D eigenvalue weighted by Gasteiger charge is -2.26. The van der Waals surface area contributed by atoms with Gasteiger partial charge in [-0.3, -0.25) is 4.79 Å². The number of fused-ring (bicyclic) bond motifs is 1. The molecule has 0 heterocycles. The molecule has 1 aromatic carbocycles. The zero-order chi connectivity index (χ0) is 13.9. The van der Waals surface area contributed by atoms with Crippen LogP contribution < -0.4 is 5.32 Å². The monoisotopic (exact) mass is 261 g/mol. The summed E-state index contributed by atoms with van der Waals surface area (Å²) in [6.45, 7) is 6.38. The van der Waals surface area contributed by atoms with Crippen molar-refractivity contribution in [2.45, 2.75) is 51.7 Å². The molecule has 0 saturated heterocycles. The van der Waals surface area contributed by atoms with Crippen molar-refractivity contribution in [2.24, 2.45) is 0 Å². The number of benzene rings is 1. The van der Waals surface area contributed by atoms with Crippen LogP contribution in [0.15, 0.2) is 24.3 Å². The van der Waals surface area contributed by atoms with Crippen LogP contribution in [0, 0.1) is 0 Å². The van der Waals surface area contributed by atoms with Crippen molar-refractivity contribution >= 4 is 5.97 Å². The zero-order valence-electron chi connectivity index (χ0n) is 12.0. The maximum absolute atomic E-state index is 11.9. The molecule has 1 atom stereocenters. The Labute approximate surface area is 115 Å². The van der Waals surface area contributed by atoms with Crippen LogP contribution in [0.2, 0.25) is 0 Å². The average molecular weight is 261 g/mol. The number of hydrogen-bond donors (Lipinski definition) is 1. The number of carbonyl (C=O) groups excluding carboxylic acids is 1. The maximum atomic E-state index is 11.9. The Hall–Kier alpha value is -1.35. The van der Waals surface area contributed by atoms with E-state index in [0.29, 0.717) is 0 Å². The van der Waals surface area contributed by atoms with E-state index in [2.05, 4.69) is 17.4 Å². The molecule has 0 aromatic heterocycles. The Morgan fingerprint density at radius 2 is 2.11 bits per heavy atom. The Bertz CT molecular complexity index is 448.